The van der Waals surface area contributed by atoms with Gasteiger partial charge in [-0.1, -0.05) is 17.2 Å². The number of nitrogens with zero attached hydrogens (tertiary/aromatic N) is 1. The molecule has 2 aromatic rings. The summed E-state index contributed by atoms with van der Waals surface area (Å²) in [7, 11) is -3.76. The van der Waals surface area contributed by atoms with Crippen LogP contribution in [0.5, 0.6) is 5.75 Å². The number of anilines is 1. The zero-order valence-electron chi connectivity index (χ0n) is 19.5. The molecule has 0 fully saturated rings. The molecule has 0 heterocycles. The molecule has 176 valence electrons. The first-order valence-corrected chi connectivity index (χ1v) is 12.2. The second-order valence-corrected chi connectivity index (χ2v) is 9.32. The molecule has 0 saturated carbocycles. The quantitative estimate of drug-likeness (QED) is 0.265. The molecule has 0 saturated heterocycles. The molecule has 0 bridgehead atoms. The number of carbonyl (C=O) groups excluding carboxylic acids is 1. The Morgan fingerprint density at radius 3 is 2.30 bits per heavy atom. The van der Waals surface area contributed by atoms with E-state index < -0.39 is 10.0 Å². The lowest BCUT2D eigenvalue weighted by Crippen LogP contribution is -2.17. The molecule has 0 aromatic heterocycles. The van der Waals surface area contributed by atoms with E-state index in [1.54, 1.807) is 18.3 Å². The van der Waals surface area contributed by atoms with Gasteiger partial charge in [-0.15, -0.1) is 0 Å². The molecule has 0 aliphatic carbocycles. The Morgan fingerprint density at radius 2 is 1.70 bits per heavy atom. The number of hydrogen-bond donors (Lipinski definition) is 2. The number of hydrogen-bond acceptors (Lipinski definition) is 5. The minimum atomic E-state index is -3.76. The van der Waals surface area contributed by atoms with Crippen molar-refractivity contribution in [2.75, 3.05) is 11.3 Å². The number of carbonyl (C=O) groups is 1. The van der Waals surface area contributed by atoms with E-state index >= 15 is 0 Å². The van der Waals surface area contributed by atoms with Crippen LogP contribution in [0.1, 0.15) is 50.9 Å². The summed E-state index contributed by atoms with van der Waals surface area (Å²) in [5.41, 5.74) is 5.62. The molecule has 33 heavy (non-hydrogen) atoms. The summed E-state index contributed by atoms with van der Waals surface area (Å²) in [5, 5.41) is 3.93. The van der Waals surface area contributed by atoms with Gasteiger partial charge in [0.05, 0.1) is 11.5 Å². The third-order valence-corrected chi connectivity index (χ3v) is 5.93. The van der Waals surface area contributed by atoms with Crippen LogP contribution in [0.4, 0.5) is 5.69 Å². The number of ether oxygens (including phenoxy) is 1. The molecular formula is C25H31N3O4S. The van der Waals surface area contributed by atoms with Crippen LogP contribution >= 0.6 is 0 Å². The lowest BCUT2D eigenvalue weighted by atomic mass is 10.1. The Labute approximate surface area is 196 Å². The third kappa shape index (κ3) is 8.94. The lowest BCUT2D eigenvalue weighted by molar-refractivity contribution is 0.0955. The van der Waals surface area contributed by atoms with Crippen molar-refractivity contribution in [1.29, 1.82) is 0 Å². The monoisotopic (exact) mass is 469 g/mol. The van der Waals surface area contributed by atoms with Gasteiger partial charge in [0.25, 0.3) is 15.9 Å². The Morgan fingerprint density at radius 1 is 1.03 bits per heavy atom. The smallest absolute Gasteiger partial charge is 0.271 e. The maximum absolute atomic E-state index is 12.6. The number of rotatable bonds is 11. The Hall–Kier alpha value is -3.39. The van der Waals surface area contributed by atoms with Gasteiger partial charge in [0.2, 0.25) is 0 Å². The summed E-state index contributed by atoms with van der Waals surface area (Å²) in [5.74, 6) is 0.214. The first-order valence-electron chi connectivity index (χ1n) is 10.7. The lowest BCUT2D eigenvalue weighted by Gasteiger charge is -2.09. The van der Waals surface area contributed by atoms with Gasteiger partial charge in [0, 0.05) is 17.5 Å². The Bertz CT molecular complexity index is 1110. The van der Waals surface area contributed by atoms with Gasteiger partial charge in [-0.05, 0) is 95.1 Å². The van der Waals surface area contributed by atoms with Crippen molar-refractivity contribution in [3.8, 4) is 5.75 Å². The highest BCUT2D eigenvalue weighted by Gasteiger charge is 2.14. The maximum atomic E-state index is 12.6. The highest BCUT2D eigenvalue weighted by Crippen LogP contribution is 2.19. The molecular weight excluding hydrogens is 438 g/mol. The van der Waals surface area contributed by atoms with Crippen molar-refractivity contribution in [2.24, 2.45) is 5.10 Å². The third-order valence-electron chi connectivity index (χ3n) is 4.54. The molecule has 2 aromatic carbocycles. The highest BCUT2D eigenvalue weighted by molar-refractivity contribution is 7.92. The second kappa shape index (κ2) is 12.6. The summed E-state index contributed by atoms with van der Waals surface area (Å²) >= 11 is 0. The minimum Gasteiger partial charge on any atom is -0.494 e. The summed E-state index contributed by atoms with van der Waals surface area (Å²) in [6.45, 7) is 8.51. The molecule has 0 spiro atoms. The van der Waals surface area contributed by atoms with E-state index in [2.05, 4.69) is 35.2 Å². The van der Waals surface area contributed by atoms with Crippen molar-refractivity contribution in [3.63, 3.8) is 0 Å². The number of sulfonamides is 1. The number of hydrazone groups is 1. The van der Waals surface area contributed by atoms with Gasteiger partial charge in [-0.2, -0.15) is 5.10 Å². The fourth-order valence-corrected chi connectivity index (χ4v) is 3.84. The fourth-order valence-electron chi connectivity index (χ4n) is 2.78. The van der Waals surface area contributed by atoms with E-state index in [1.165, 1.54) is 42.0 Å². The molecule has 0 radical (unpaired) electrons. The Balaban J connectivity index is 1.92. The van der Waals surface area contributed by atoms with Crippen molar-refractivity contribution in [1.82, 2.24) is 5.43 Å². The predicted molar refractivity (Wildman–Crippen MR) is 133 cm³/mol. The molecule has 0 atom stereocenters. The van der Waals surface area contributed by atoms with Crippen molar-refractivity contribution < 1.29 is 17.9 Å². The van der Waals surface area contributed by atoms with Gasteiger partial charge in [-0.3, -0.25) is 9.52 Å². The Kier molecular flexibility index (Phi) is 9.87. The molecule has 7 nitrogen and oxygen atoms in total. The van der Waals surface area contributed by atoms with Gasteiger partial charge in [-0.25, -0.2) is 13.8 Å². The molecule has 2 N–H and O–H groups in total. The standard InChI is InChI=1S/C25H31N3O4S/c1-5-32-23-13-15-24(16-14-23)33(30,31)28-22-11-9-21(10-12-22)25(29)27-26-18-17-20(4)8-6-7-19(2)3/h7,9-18,28H,5-6,8H2,1-4H3,(H,27,29). The topological polar surface area (TPSA) is 96.9 Å². The average molecular weight is 470 g/mol. The summed E-state index contributed by atoms with van der Waals surface area (Å²) < 4.78 is 32.9. The largest absolute Gasteiger partial charge is 0.494 e. The number of allylic oxidation sites excluding steroid dienone is 4. The van der Waals surface area contributed by atoms with E-state index in [9.17, 15) is 13.2 Å². The van der Waals surface area contributed by atoms with Gasteiger partial charge in [0.15, 0.2) is 0 Å². The second-order valence-electron chi connectivity index (χ2n) is 7.64. The summed E-state index contributed by atoms with van der Waals surface area (Å²) in [6, 6.07) is 12.3. The van der Waals surface area contributed by atoms with Gasteiger partial charge < -0.3 is 4.74 Å². The molecule has 0 aliphatic rings. The van der Waals surface area contributed by atoms with Gasteiger partial charge >= 0.3 is 0 Å². The van der Waals surface area contributed by atoms with E-state index in [0.717, 1.165) is 18.4 Å². The van der Waals surface area contributed by atoms with Crippen LogP contribution in [0, 0.1) is 0 Å². The molecule has 2 rings (SSSR count). The number of benzene rings is 2. The van der Waals surface area contributed by atoms with Crippen LogP contribution in [-0.4, -0.2) is 27.1 Å². The van der Waals surface area contributed by atoms with Crippen LogP contribution < -0.4 is 14.9 Å². The molecule has 1 amide bonds. The number of nitrogens with one attached hydrogen (secondary N) is 2. The van der Waals surface area contributed by atoms with Crippen LogP contribution in [0.25, 0.3) is 0 Å². The summed E-state index contributed by atoms with van der Waals surface area (Å²) in [6.07, 6.45) is 7.49. The van der Waals surface area contributed by atoms with Crippen LogP contribution in [0.2, 0.25) is 0 Å². The zero-order chi connectivity index (χ0) is 24.3. The van der Waals surface area contributed by atoms with Crippen molar-refractivity contribution >= 4 is 27.8 Å². The van der Waals surface area contributed by atoms with Crippen molar-refractivity contribution in [2.45, 2.75) is 45.4 Å². The minimum absolute atomic E-state index is 0.117. The normalized spacial score (nSPS) is 11.8. The number of amides is 1. The van der Waals surface area contributed by atoms with Gasteiger partial charge in [0.1, 0.15) is 5.75 Å². The summed E-state index contributed by atoms with van der Waals surface area (Å²) in [4.78, 5) is 12.4. The van der Waals surface area contributed by atoms with Crippen LogP contribution in [0.15, 0.2) is 81.8 Å². The first-order chi connectivity index (χ1) is 15.7. The zero-order valence-corrected chi connectivity index (χ0v) is 20.3. The van der Waals surface area contributed by atoms with E-state index in [4.69, 9.17) is 4.74 Å². The van der Waals surface area contributed by atoms with E-state index in [-0.39, 0.29) is 10.8 Å². The fraction of sp³-hybridized carbons (Fsp3) is 0.280. The average Bonchev–Trinajstić information content (AvgIpc) is 2.77. The maximum Gasteiger partial charge on any atom is 0.271 e. The highest BCUT2D eigenvalue weighted by atomic mass is 32.2. The SMILES string of the molecule is CCOc1ccc(S(=O)(=O)Nc2ccc(C(=O)NN=CC=C(C)CCC=C(C)C)cc2)cc1. The van der Waals surface area contributed by atoms with E-state index in [1.807, 2.05) is 19.9 Å². The van der Waals surface area contributed by atoms with Crippen molar-refractivity contribution in [3.05, 3.63) is 77.4 Å². The molecule has 0 aliphatic heterocycles. The predicted octanol–water partition coefficient (Wildman–Crippen LogP) is 5.29. The molecule has 8 heteroatoms. The first kappa shape index (κ1) is 25.9. The van der Waals surface area contributed by atoms with Crippen LogP contribution in [0.3, 0.4) is 0 Å². The molecule has 0 unspecified atom stereocenters. The van der Waals surface area contributed by atoms with Crippen LogP contribution in [-0.2, 0) is 10.0 Å². The van der Waals surface area contributed by atoms with E-state index in [0.29, 0.717) is 23.6 Å².